The van der Waals surface area contributed by atoms with Gasteiger partial charge in [-0.2, -0.15) is 0 Å². The van der Waals surface area contributed by atoms with Crippen molar-refractivity contribution in [3.05, 3.63) is 72.5 Å². The second kappa shape index (κ2) is 10.4. The maximum Gasteiger partial charge on any atom is 0.312 e. The van der Waals surface area contributed by atoms with Crippen molar-refractivity contribution in [3.8, 4) is 22.8 Å². The summed E-state index contributed by atoms with van der Waals surface area (Å²) in [5.74, 6) is 0.963. The molecule has 0 aliphatic rings. The minimum atomic E-state index is -0.754. The minimum absolute atomic E-state index is 0.188. The van der Waals surface area contributed by atoms with Gasteiger partial charge in [-0.1, -0.05) is 19.9 Å². The van der Waals surface area contributed by atoms with Crippen molar-refractivity contribution >= 4 is 17.8 Å². The lowest BCUT2D eigenvalue weighted by molar-refractivity contribution is -0.118. The van der Waals surface area contributed by atoms with Gasteiger partial charge in [-0.15, -0.1) is 0 Å². The van der Waals surface area contributed by atoms with E-state index in [1.165, 1.54) is 12.1 Å². The first-order valence-corrected chi connectivity index (χ1v) is 10.2. The number of halogens is 1. The van der Waals surface area contributed by atoms with Crippen LogP contribution < -0.4 is 21.1 Å². The third-order valence-electron chi connectivity index (χ3n) is 4.54. The molecule has 0 aliphatic heterocycles. The van der Waals surface area contributed by atoms with E-state index in [1.807, 2.05) is 32.0 Å². The number of benzene rings is 2. The van der Waals surface area contributed by atoms with E-state index in [9.17, 15) is 14.0 Å². The van der Waals surface area contributed by atoms with Crippen molar-refractivity contribution in [1.82, 2.24) is 10.3 Å². The predicted octanol–water partition coefficient (Wildman–Crippen LogP) is 4.70. The number of carbonyl (C=O) groups is 2. The van der Waals surface area contributed by atoms with Crippen molar-refractivity contribution in [2.75, 3.05) is 5.32 Å². The number of carbonyl (C=O) groups excluding carboxylic acids is 2. The van der Waals surface area contributed by atoms with E-state index < -0.39 is 12.1 Å². The highest BCUT2D eigenvalue weighted by Gasteiger charge is 2.21. The number of hydrogen-bond donors (Lipinski definition) is 3. The van der Waals surface area contributed by atoms with Crippen LogP contribution in [0.2, 0.25) is 0 Å². The number of aromatic nitrogens is 1. The second-order valence-electron chi connectivity index (χ2n) is 7.67. The minimum Gasteiger partial charge on any atom is -0.457 e. The molecule has 0 unspecified atom stereocenters. The second-order valence-corrected chi connectivity index (χ2v) is 7.67. The number of nitrogens with one attached hydrogen (secondary N) is 2. The highest BCUT2D eigenvalue weighted by atomic mass is 19.1. The number of nitrogens with two attached hydrogens (primary N) is 1. The topological polar surface area (TPSA) is 106 Å². The Morgan fingerprint density at radius 1 is 1.00 bits per heavy atom. The zero-order valence-electron chi connectivity index (χ0n) is 17.8. The van der Waals surface area contributed by atoms with Crippen LogP contribution in [0.4, 0.5) is 15.0 Å². The van der Waals surface area contributed by atoms with E-state index in [0.29, 0.717) is 29.4 Å². The summed E-state index contributed by atoms with van der Waals surface area (Å²) in [6, 6.07) is 16.8. The zero-order chi connectivity index (χ0) is 23.1. The molecule has 0 aliphatic carbocycles. The van der Waals surface area contributed by atoms with Crippen LogP contribution in [0.3, 0.4) is 0 Å². The lowest BCUT2D eigenvalue weighted by Crippen LogP contribution is -2.46. The monoisotopic (exact) mass is 436 g/mol. The Morgan fingerprint density at radius 3 is 2.22 bits per heavy atom. The molecule has 0 radical (unpaired) electrons. The summed E-state index contributed by atoms with van der Waals surface area (Å²) in [4.78, 5) is 28.3. The molecule has 0 fully saturated rings. The van der Waals surface area contributed by atoms with Gasteiger partial charge in [-0.25, -0.2) is 14.2 Å². The van der Waals surface area contributed by atoms with E-state index >= 15 is 0 Å². The molecule has 0 bridgehead atoms. The first-order chi connectivity index (χ1) is 15.3. The van der Waals surface area contributed by atoms with Gasteiger partial charge >= 0.3 is 6.03 Å². The van der Waals surface area contributed by atoms with Crippen molar-refractivity contribution in [2.24, 2.45) is 11.7 Å². The van der Waals surface area contributed by atoms with Crippen LogP contribution >= 0.6 is 0 Å². The number of amides is 3. The standard InChI is InChI=1S/C24H25FN4O3/c1-15(2)14-21(28-24(26)31)23(30)29-22-5-3-4-20(27-22)16-6-10-18(11-7-16)32-19-12-8-17(25)9-13-19/h3-13,15,21H,14H2,1-2H3,(H3,26,28,31)(H,27,29,30)/t21-/m0/s1. The van der Waals surface area contributed by atoms with E-state index in [0.717, 1.165) is 5.56 Å². The molecule has 0 spiro atoms. The molecular weight excluding hydrogens is 411 g/mol. The fourth-order valence-electron chi connectivity index (χ4n) is 3.09. The van der Waals surface area contributed by atoms with Crippen molar-refractivity contribution in [3.63, 3.8) is 0 Å². The van der Waals surface area contributed by atoms with E-state index in [-0.39, 0.29) is 17.6 Å². The Labute approximate surface area is 185 Å². The Balaban J connectivity index is 1.70. The summed E-state index contributed by atoms with van der Waals surface area (Å²) in [6.07, 6.45) is 0.448. The fraction of sp³-hybridized carbons (Fsp3) is 0.208. The molecule has 2 aromatic carbocycles. The van der Waals surface area contributed by atoms with Gasteiger partial charge in [0.25, 0.3) is 0 Å². The fourth-order valence-corrected chi connectivity index (χ4v) is 3.09. The van der Waals surface area contributed by atoms with Crippen LogP contribution in [0.25, 0.3) is 11.3 Å². The van der Waals surface area contributed by atoms with Gasteiger partial charge in [0.2, 0.25) is 5.91 Å². The summed E-state index contributed by atoms with van der Waals surface area (Å²) >= 11 is 0. The normalized spacial score (nSPS) is 11.6. The van der Waals surface area contributed by atoms with Crippen LogP contribution in [0.1, 0.15) is 20.3 Å². The molecule has 0 saturated carbocycles. The first kappa shape index (κ1) is 22.7. The van der Waals surface area contributed by atoms with E-state index in [4.69, 9.17) is 10.5 Å². The molecule has 3 rings (SSSR count). The molecule has 1 heterocycles. The number of pyridine rings is 1. The summed E-state index contributed by atoms with van der Waals surface area (Å²) in [6.45, 7) is 3.90. The maximum atomic E-state index is 13.0. The van der Waals surface area contributed by atoms with Crippen LogP contribution in [-0.4, -0.2) is 23.0 Å². The Kier molecular flexibility index (Phi) is 7.38. The van der Waals surface area contributed by atoms with Crippen LogP contribution in [0.5, 0.6) is 11.5 Å². The van der Waals surface area contributed by atoms with Gasteiger partial charge < -0.3 is 21.1 Å². The lowest BCUT2D eigenvalue weighted by Gasteiger charge is -2.19. The molecule has 4 N–H and O–H groups in total. The molecule has 0 saturated heterocycles. The average molecular weight is 436 g/mol. The largest absolute Gasteiger partial charge is 0.457 e. The SMILES string of the molecule is CC(C)C[C@H](NC(N)=O)C(=O)Nc1cccc(-c2ccc(Oc3ccc(F)cc3)cc2)n1. The quantitative estimate of drug-likeness (QED) is 0.476. The number of rotatable bonds is 8. The number of ether oxygens (including phenoxy) is 1. The van der Waals surface area contributed by atoms with Crippen molar-refractivity contribution in [2.45, 2.75) is 26.3 Å². The Bertz CT molecular complexity index is 1070. The van der Waals surface area contributed by atoms with Crippen molar-refractivity contribution < 1.29 is 18.7 Å². The molecular formula is C24H25FN4O3. The number of primary amides is 1. The van der Waals surface area contributed by atoms with E-state index in [1.54, 1.807) is 36.4 Å². The van der Waals surface area contributed by atoms with E-state index in [2.05, 4.69) is 15.6 Å². The number of urea groups is 1. The Hall–Kier alpha value is -3.94. The van der Waals surface area contributed by atoms with Crippen molar-refractivity contribution in [1.29, 1.82) is 0 Å². The van der Waals surface area contributed by atoms with Gasteiger partial charge in [0, 0.05) is 5.56 Å². The zero-order valence-corrected chi connectivity index (χ0v) is 17.8. The van der Waals surface area contributed by atoms with Gasteiger partial charge in [-0.05, 0) is 73.0 Å². The highest BCUT2D eigenvalue weighted by Crippen LogP contribution is 2.26. The molecule has 8 heteroatoms. The third-order valence-corrected chi connectivity index (χ3v) is 4.54. The third kappa shape index (κ3) is 6.53. The molecule has 3 aromatic rings. The van der Waals surface area contributed by atoms with Crippen LogP contribution in [0, 0.1) is 11.7 Å². The smallest absolute Gasteiger partial charge is 0.312 e. The number of anilines is 1. The predicted molar refractivity (Wildman–Crippen MR) is 121 cm³/mol. The maximum absolute atomic E-state index is 13.0. The van der Waals surface area contributed by atoms with Gasteiger partial charge in [0.1, 0.15) is 29.2 Å². The lowest BCUT2D eigenvalue weighted by atomic mass is 10.0. The average Bonchev–Trinajstić information content (AvgIpc) is 2.75. The van der Waals surface area contributed by atoms with Gasteiger partial charge in [-0.3, -0.25) is 4.79 Å². The number of nitrogens with zero attached hydrogens (tertiary/aromatic N) is 1. The molecule has 32 heavy (non-hydrogen) atoms. The Morgan fingerprint density at radius 2 is 1.62 bits per heavy atom. The summed E-state index contributed by atoms with van der Waals surface area (Å²) in [5, 5.41) is 5.21. The summed E-state index contributed by atoms with van der Waals surface area (Å²) in [7, 11) is 0. The number of hydrogen-bond acceptors (Lipinski definition) is 4. The molecule has 1 aromatic heterocycles. The molecule has 7 nitrogen and oxygen atoms in total. The summed E-state index contributed by atoms with van der Waals surface area (Å²) in [5.41, 5.74) is 6.67. The van der Waals surface area contributed by atoms with Crippen LogP contribution in [-0.2, 0) is 4.79 Å². The molecule has 166 valence electrons. The first-order valence-electron chi connectivity index (χ1n) is 10.2. The molecule has 1 atom stereocenters. The summed E-state index contributed by atoms with van der Waals surface area (Å²) < 4.78 is 18.7. The van der Waals surface area contributed by atoms with Gasteiger partial charge in [0.15, 0.2) is 0 Å². The van der Waals surface area contributed by atoms with Gasteiger partial charge in [0.05, 0.1) is 5.69 Å². The highest BCUT2D eigenvalue weighted by molar-refractivity contribution is 5.96. The molecule has 3 amide bonds. The van der Waals surface area contributed by atoms with Crippen LogP contribution in [0.15, 0.2) is 66.7 Å².